The van der Waals surface area contributed by atoms with Crippen LogP contribution in [0.25, 0.3) is 22.6 Å². The number of thiocarbonyl (C=S) groups is 1. The van der Waals surface area contributed by atoms with E-state index < -0.39 is 0 Å². The van der Waals surface area contributed by atoms with Crippen molar-refractivity contribution in [1.29, 1.82) is 0 Å². The van der Waals surface area contributed by atoms with Crippen LogP contribution in [0.3, 0.4) is 0 Å². The molecular weight excluding hydrogens is 370 g/mol. The molecular formula is C22H25N3O2S. The first-order valence-electron chi connectivity index (χ1n) is 9.42. The van der Waals surface area contributed by atoms with Crippen LogP contribution in [0.5, 0.6) is 0 Å². The Kier molecular flexibility index (Phi) is 6.09. The predicted molar refractivity (Wildman–Crippen MR) is 116 cm³/mol. The van der Waals surface area contributed by atoms with Crippen LogP contribution in [-0.4, -0.2) is 16.0 Å². The third-order valence-electron chi connectivity index (χ3n) is 4.49. The van der Waals surface area contributed by atoms with E-state index in [9.17, 15) is 4.79 Å². The molecule has 146 valence electrons. The van der Waals surface area contributed by atoms with Crippen molar-refractivity contribution in [2.24, 2.45) is 5.92 Å². The van der Waals surface area contributed by atoms with Crippen LogP contribution < -0.4 is 10.6 Å². The fourth-order valence-electron chi connectivity index (χ4n) is 2.67. The number of fused-ring (bicyclic) bond motifs is 1. The van der Waals surface area contributed by atoms with Crippen molar-refractivity contribution in [2.45, 2.75) is 40.2 Å². The molecule has 5 nitrogen and oxygen atoms in total. The van der Waals surface area contributed by atoms with E-state index >= 15 is 0 Å². The second-order valence-corrected chi connectivity index (χ2v) is 7.83. The number of rotatable bonds is 5. The molecule has 0 aliphatic heterocycles. The minimum absolute atomic E-state index is 0.0931. The normalized spacial score (nSPS) is 11.2. The smallest absolute Gasteiger partial charge is 0.228 e. The largest absolute Gasteiger partial charge is 0.436 e. The van der Waals surface area contributed by atoms with E-state index in [1.165, 1.54) is 5.56 Å². The molecule has 0 fully saturated rings. The van der Waals surface area contributed by atoms with Gasteiger partial charge in [0.15, 0.2) is 10.7 Å². The molecule has 0 bridgehead atoms. The Balaban J connectivity index is 1.66. The molecule has 0 aliphatic rings. The molecule has 1 heterocycles. The Morgan fingerprint density at radius 2 is 1.82 bits per heavy atom. The number of carbonyl (C=O) groups excluding carboxylic acids is 1. The van der Waals surface area contributed by atoms with Crippen LogP contribution >= 0.6 is 12.2 Å². The van der Waals surface area contributed by atoms with Gasteiger partial charge >= 0.3 is 0 Å². The molecule has 0 atom stereocenters. The summed E-state index contributed by atoms with van der Waals surface area (Å²) in [6, 6.07) is 14.1. The van der Waals surface area contributed by atoms with E-state index in [0.29, 0.717) is 23.5 Å². The van der Waals surface area contributed by atoms with Gasteiger partial charge in [-0.25, -0.2) is 4.98 Å². The SMILES string of the molecule is CC(C)C(=O)NC(=S)NCc1ccc(-c2nc3cc(C(C)C)ccc3o2)cc1. The van der Waals surface area contributed by atoms with Gasteiger partial charge in [0, 0.05) is 18.0 Å². The summed E-state index contributed by atoms with van der Waals surface area (Å²) < 4.78 is 5.90. The van der Waals surface area contributed by atoms with Crippen LogP contribution in [0.2, 0.25) is 0 Å². The summed E-state index contributed by atoms with van der Waals surface area (Å²) in [5.74, 6) is 0.860. The number of carbonyl (C=O) groups is 1. The molecule has 3 aromatic rings. The molecule has 0 saturated heterocycles. The number of hydrogen-bond acceptors (Lipinski definition) is 4. The molecule has 1 aromatic heterocycles. The molecule has 0 spiro atoms. The first-order chi connectivity index (χ1) is 13.3. The Morgan fingerprint density at radius 1 is 1.11 bits per heavy atom. The van der Waals surface area contributed by atoms with Gasteiger partial charge in [0.25, 0.3) is 0 Å². The summed E-state index contributed by atoms with van der Waals surface area (Å²) in [5.41, 5.74) is 4.87. The third kappa shape index (κ3) is 4.75. The van der Waals surface area contributed by atoms with Gasteiger partial charge in [-0.3, -0.25) is 4.79 Å². The number of benzene rings is 2. The number of oxazole rings is 1. The zero-order valence-electron chi connectivity index (χ0n) is 16.6. The third-order valence-corrected chi connectivity index (χ3v) is 4.74. The van der Waals surface area contributed by atoms with Gasteiger partial charge in [-0.1, -0.05) is 45.9 Å². The lowest BCUT2D eigenvalue weighted by molar-refractivity contribution is -0.122. The molecule has 2 N–H and O–H groups in total. The summed E-state index contributed by atoms with van der Waals surface area (Å²) in [4.78, 5) is 16.3. The number of hydrogen-bond donors (Lipinski definition) is 2. The van der Waals surface area contributed by atoms with Crippen LogP contribution in [0, 0.1) is 5.92 Å². The fourth-order valence-corrected chi connectivity index (χ4v) is 2.85. The summed E-state index contributed by atoms with van der Waals surface area (Å²) in [6.07, 6.45) is 0. The molecule has 0 saturated carbocycles. The topological polar surface area (TPSA) is 67.2 Å². The van der Waals surface area contributed by atoms with Crippen molar-refractivity contribution < 1.29 is 9.21 Å². The lowest BCUT2D eigenvalue weighted by Crippen LogP contribution is -2.40. The lowest BCUT2D eigenvalue weighted by atomic mass is 10.0. The quantitative estimate of drug-likeness (QED) is 0.610. The Morgan fingerprint density at radius 3 is 2.46 bits per heavy atom. The summed E-state index contributed by atoms with van der Waals surface area (Å²) in [5, 5.41) is 6.05. The maximum Gasteiger partial charge on any atom is 0.228 e. The standard InChI is InChI=1S/C22H25N3O2S/c1-13(2)17-9-10-19-18(11-17)24-21(27-19)16-7-5-15(6-8-16)12-23-22(28)25-20(26)14(3)4/h5-11,13-14H,12H2,1-4H3,(H2,23,25,26,28). The second-order valence-electron chi connectivity index (χ2n) is 7.42. The summed E-state index contributed by atoms with van der Waals surface area (Å²) in [6.45, 7) is 8.51. The van der Waals surface area contributed by atoms with Crippen molar-refractivity contribution in [3.8, 4) is 11.5 Å². The zero-order chi connectivity index (χ0) is 20.3. The van der Waals surface area contributed by atoms with Gasteiger partial charge < -0.3 is 15.1 Å². The molecule has 0 unspecified atom stereocenters. The fraction of sp³-hybridized carbons (Fsp3) is 0.318. The van der Waals surface area contributed by atoms with Gasteiger partial charge in [-0.2, -0.15) is 0 Å². The predicted octanol–water partition coefficient (Wildman–Crippen LogP) is 4.76. The van der Waals surface area contributed by atoms with E-state index in [2.05, 4.69) is 41.6 Å². The first-order valence-corrected chi connectivity index (χ1v) is 9.83. The average Bonchev–Trinajstić information content (AvgIpc) is 3.09. The minimum Gasteiger partial charge on any atom is -0.436 e. The van der Waals surface area contributed by atoms with Crippen molar-refractivity contribution >= 4 is 34.3 Å². The summed E-state index contributed by atoms with van der Waals surface area (Å²) >= 11 is 5.15. The Labute approximate surface area is 170 Å². The molecule has 28 heavy (non-hydrogen) atoms. The molecule has 0 radical (unpaired) electrons. The van der Waals surface area contributed by atoms with Crippen LogP contribution in [0.4, 0.5) is 0 Å². The molecule has 6 heteroatoms. The van der Waals surface area contributed by atoms with E-state index in [-0.39, 0.29) is 11.8 Å². The minimum atomic E-state index is -0.105. The highest BCUT2D eigenvalue weighted by atomic mass is 32.1. The van der Waals surface area contributed by atoms with Crippen LogP contribution in [0.1, 0.15) is 44.7 Å². The van der Waals surface area contributed by atoms with Crippen molar-refractivity contribution in [3.05, 3.63) is 53.6 Å². The van der Waals surface area contributed by atoms with Crippen molar-refractivity contribution in [2.75, 3.05) is 0 Å². The number of nitrogens with one attached hydrogen (secondary N) is 2. The molecule has 2 aromatic carbocycles. The monoisotopic (exact) mass is 395 g/mol. The van der Waals surface area contributed by atoms with Gasteiger partial charge in [0.05, 0.1) is 0 Å². The highest BCUT2D eigenvalue weighted by Crippen LogP contribution is 2.27. The van der Waals surface area contributed by atoms with E-state index in [0.717, 1.165) is 22.2 Å². The van der Waals surface area contributed by atoms with Gasteiger partial charge in [-0.05, 0) is 53.5 Å². The Bertz CT molecular complexity index is 991. The molecule has 0 aliphatic carbocycles. The summed E-state index contributed by atoms with van der Waals surface area (Å²) in [7, 11) is 0. The zero-order valence-corrected chi connectivity index (χ0v) is 17.4. The number of amides is 1. The highest BCUT2D eigenvalue weighted by Gasteiger charge is 2.11. The van der Waals surface area contributed by atoms with E-state index in [1.807, 2.05) is 44.2 Å². The van der Waals surface area contributed by atoms with Crippen molar-refractivity contribution in [3.63, 3.8) is 0 Å². The van der Waals surface area contributed by atoms with Gasteiger partial charge in [0.1, 0.15) is 5.52 Å². The Hall–Kier alpha value is -2.73. The van der Waals surface area contributed by atoms with Crippen LogP contribution in [0.15, 0.2) is 46.9 Å². The molecule has 3 rings (SSSR count). The number of aromatic nitrogens is 1. The van der Waals surface area contributed by atoms with Gasteiger partial charge in [0.2, 0.25) is 11.8 Å². The van der Waals surface area contributed by atoms with E-state index in [4.69, 9.17) is 16.6 Å². The second kappa shape index (κ2) is 8.52. The van der Waals surface area contributed by atoms with Crippen molar-refractivity contribution in [1.82, 2.24) is 15.6 Å². The maximum absolute atomic E-state index is 11.6. The van der Waals surface area contributed by atoms with Gasteiger partial charge in [-0.15, -0.1) is 0 Å². The van der Waals surface area contributed by atoms with E-state index in [1.54, 1.807) is 0 Å². The maximum atomic E-state index is 11.6. The van der Waals surface area contributed by atoms with Crippen LogP contribution in [-0.2, 0) is 11.3 Å². The highest BCUT2D eigenvalue weighted by molar-refractivity contribution is 7.80. The lowest BCUT2D eigenvalue weighted by Gasteiger charge is -2.11. The first kappa shape index (κ1) is 20.0. The molecule has 1 amide bonds. The average molecular weight is 396 g/mol. The number of nitrogens with zero attached hydrogens (tertiary/aromatic N) is 1.